The second-order valence-electron chi connectivity index (χ2n) is 4.97. The van der Waals surface area contributed by atoms with E-state index in [0.29, 0.717) is 16.5 Å². The number of fused-ring (bicyclic) bond motifs is 1. The van der Waals surface area contributed by atoms with E-state index in [0.717, 1.165) is 5.56 Å². The third kappa shape index (κ3) is 3.01. The van der Waals surface area contributed by atoms with Crippen molar-refractivity contribution in [2.75, 3.05) is 0 Å². The summed E-state index contributed by atoms with van der Waals surface area (Å²) in [6.45, 7) is 0. The number of rotatable bonds is 4. The van der Waals surface area contributed by atoms with Gasteiger partial charge in [-0.15, -0.1) is 0 Å². The van der Waals surface area contributed by atoms with Crippen LogP contribution in [0.3, 0.4) is 0 Å². The van der Waals surface area contributed by atoms with Gasteiger partial charge in [-0.25, -0.2) is 4.79 Å². The predicted octanol–water partition coefficient (Wildman–Crippen LogP) is 3.83. The lowest BCUT2D eigenvalue weighted by molar-refractivity contribution is 0.0699. The van der Waals surface area contributed by atoms with E-state index in [-0.39, 0.29) is 11.3 Å². The summed E-state index contributed by atoms with van der Waals surface area (Å²) in [7, 11) is 0. The van der Waals surface area contributed by atoms with Crippen LogP contribution in [0.1, 0.15) is 26.3 Å². The standard InChI is InChI=1S/C19H13NO3/c21-17(10-9-13-5-2-1-3-6-13)14-11-12-20-16-8-4-7-15(18(14)16)19(22)23/h1-12H,(H,22,23)/b10-9+. The molecule has 3 aromatic rings. The van der Waals surface area contributed by atoms with Crippen molar-refractivity contribution in [1.82, 2.24) is 4.98 Å². The molecular weight excluding hydrogens is 290 g/mol. The number of ketones is 1. The maximum atomic E-state index is 12.5. The third-order valence-corrected chi connectivity index (χ3v) is 3.49. The molecule has 3 rings (SSSR count). The van der Waals surface area contributed by atoms with Crippen molar-refractivity contribution in [3.63, 3.8) is 0 Å². The van der Waals surface area contributed by atoms with Crippen molar-refractivity contribution >= 4 is 28.7 Å². The third-order valence-electron chi connectivity index (χ3n) is 3.49. The van der Waals surface area contributed by atoms with Crippen LogP contribution in [0.2, 0.25) is 0 Å². The van der Waals surface area contributed by atoms with Gasteiger partial charge in [-0.2, -0.15) is 0 Å². The number of carbonyl (C=O) groups is 2. The molecule has 0 spiro atoms. The molecule has 0 aliphatic carbocycles. The number of nitrogens with zero attached hydrogens (tertiary/aromatic N) is 1. The Balaban J connectivity index is 2.07. The lowest BCUT2D eigenvalue weighted by atomic mass is 9.99. The topological polar surface area (TPSA) is 67.3 Å². The van der Waals surface area contributed by atoms with E-state index in [1.54, 1.807) is 24.3 Å². The van der Waals surface area contributed by atoms with E-state index < -0.39 is 5.97 Å². The number of aromatic nitrogens is 1. The van der Waals surface area contributed by atoms with E-state index in [2.05, 4.69) is 4.98 Å². The van der Waals surface area contributed by atoms with Crippen molar-refractivity contribution in [3.05, 3.63) is 83.6 Å². The van der Waals surface area contributed by atoms with Gasteiger partial charge in [0, 0.05) is 17.1 Å². The molecule has 0 bridgehead atoms. The Hall–Kier alpha value is -3.27. The molecule has 0 saturated heterocycles. The van der Waals surface area contributed by atoms with Gasteiger partial charge in [0.05, 0.1) is 11.1 Å². The Kier molecular flexibility index (Phi) is 3.97. The van der Waals surface area contributed by atoms with E-state index in [1.807, 2.05) is 30.3 Å². The second kappa shape index (κ2) is 6.23. The Labute approximate surface area is 132 Å². The van der Waals surface area contributed by atoms with Gasteiger partial charge in [-0.05, 0) is 29.8 Å². The fourth-order valence-electron chi connectivity index (χ4n) is 2.42. The first kappa shape index (κ1) is 14.7. The highest BCUT2D eigenvalue weighted by Gasteiger charge is 2.15. The minimum Gasteiger partial charge on any atom is -0.478 e. The van der Waals surface area contributed by atoms with Crippen LogP contribution in [0, 0.1) is 0 Å². The summed E-state index contributed by atoms with van der Waals surface area (Å²) in [5.41, 5.74) is 1.80. The fourth-order valence-corrected chi connectivity index (χ4v) is 2.42. The predicted molar refractivity (Wildman–Crippen MR) is 88.5 cm³/mol. The molecule has 0 unspecified atom stereocenters. The van der Waals surface area contributed by atoms with Crippen LogP contribution in [0.15, 0.2) is 66.9 Å². The molecule has 0 amide bonds. The first-order valence-electron chi connectivity index (χ1n) is 7.05. The lowest BCUT2D eigenvalue weighted by Crippen LogP contribution is -2.04. The molecule has 0 saturated carbocycles. The Morgan fingerprint density at radius 3 is 2.43 bits per heavy atom. The van der Waals surface area contributed by atoms with Gasteiger partial charge in [-0.3, -0.25) is 9.78 Å². The molecule has 112 valence electrons. The first-order chi connectivity index (χ1) is 11.2. The van der Waals surface area contributed by atoms with E-state index in [4.69, 9.17) is 0 Å². The molecule has 1 aromatic heterocycles. The van der Waals surface area contributed by atoms with Crippen molar-refractivity contribution in [2.24, 2.45) is 0 Å². The molecule has 0 aliphatic heterocycles. The maximum absolute atomic E-state index is 12.5. The molecule has 1 N–H and O–H groups in total. The number of aromatic carboxylic acids is 1. The number of benzene rings is 2. The average molecular weight is 303 g/mol. The zero-order valence-electron chi connectivity index (χ0n) is 12.1. The van der Waals surface area contributed by atoms with Crippen molar-refractivity contribution in [1.29, 1.82) is 0 Å². The van der Waals surface area contributed by atoms with E-state index >= 15 is 0 Å². The number of carboxylic acid groups (broad SMARTS) is 1. The van der Waals surface area contributed by atoms with Crippen molar-refractivity contribution in [2.45, 2.75) is 0 Å². The molecule has 23 heavy (non-hydrogen) atoms. The fraction of sp³-hybridized carbons (Fsp3) is 0. The monoisotopic (exact) mass is 303 g/mol. The minimum atomic E-state index is -1.08. The summed E-state index contributed by atoms with van der Waals surface area (Å²) in [5.74, 6) is -1.33. The van der Waals surface area contributed by atoms with Gasteiger partial charge >= 0.3 is 5.97 Å². The quantitative estimate of drug-likeness (QED) is 0.587. The number of carbonyl (C=O) groups excluding carboxylic acids is 1. The Morgan fingerprint density at radius 2 is 1.70 bits per heavy atom. The van der Waals surface area contributed by atoms with Crippen LogP contribution < -0.4 is 0 Å². The van der Waals surface area contributed by atoms with E-state index in [1.165, 1.54) is 18.3 Å². The summed E-state index contributed by atoms with van der Waals surface area (Å²) in [5, 5.41) is 9.71. The largest absolute Gasteiger partial charge is 0.478 e. The van der Waals surface area contributed by atoms with Crippen molar-refractivity contribution < 1.29 is 14.7 Å². The Bertz CT molecular complexity index is 909. The maximum Gasteiger partial charge on any atom is 0.336 e. The van der Waals surface area contributed by atoms with Gasteiger partial charge in [0.2, 0.25) is 0 Å². The lowest BCUT2D eigenvalue weighted by Gasteiger charge is -2.06. The summed E-state index contributed by atoms with van der Waals surface area (Å²) in [4.78, 5) is 28.1. The zero-order chi connectivity index (χ0) is 16.2. The highest BCUT2D eigenvalue weighted by atomic mass is 16.4. The Morgan fingerprint density at radius 1 is 0.913 bits per heavy atom. The highest BCUT2D eigenvalue weighted by Crippen LogP contribution is 2.22. The van der Waals surface area contributed by atoms with Crippen LogP contribution in [0.25, 0.3) is 17.0 Å². The summed E-state index contributed by atoms with van der Waals surface area (Å²) < 4.78 is 0. The van der Waals surface area contributed by atoms with Gasteiger partial charge in [-0.1, -0.05) is 42.5 Å². The first-order valence-corrected chi connectivity index (χ1v) is 7.05. The normalized spacial score (nSPS) is 11.0. The molecule has 0 aliphatic rings. The average Bonchev–Trinajstić information content (AvgIpc) is 2.59. The van der Waals surface area contributed by atoms with Crippen LogP contribution in [0.4, 0.5) is 0 Å². The number of hydrogen-bond acceptors (Lipinski definition) is 3. The van der Waals surface area contributed by atoms with E-state index in [9.17, 15) is 14.7 Å². The molecule has 0 radical (unpaired) electrons. The number of carboxylic acids is 1. The minimum absolute atomic E-state index is 0.0760. The van der Waals surface area contributed by atoms with Crippen LogP contribution in [-0.4, -0.2) is 21.8 Å². The van der Waals surface area contributed by atoms with Crippen LogP contribution in [-0.2, 0) is 0 Å². The van der Waals surface area contributed by atoms with Gasteiger partial charge in [0.15, 0.2) is 5.78 Å². The number of hydrogen-bond donors (Lipinski definition) is 1. The van der Waals surface area contributed by atoms with Gasteiger partial charge < -0.3 is 5.11 Å². The SMILES string of the molecule is O=C(O)c1cccc2nccc(C(=O)/C=C/c3ccccc3)c12. The van der Waals surface area contributed by atoms with Crippen molar-refractivity contribution in [3.8, 4) is 0 Å². The highest BCUT2D eigenvalue weighted by molar-refractivity contribution is 6.18. The second-order valence-corrected chi connectivity index (χ2v) is 4.97. The van der Waals surface area contributed by atoms with Gasteiger partial charge in [0.25, 0.3) is 0 Å². The smallest absolute Gasteiger partial charge is 0.336 e. The molecule has 0 fully saturated rings. The molecule has 2 aromatic carbocycles. The summed E-state index contributed by atoms with van der Waals surface area (Å²) in [6, 6.07) is 15.8. The molecule has 1 heterocycles. The van der Waals surface area contributed by atoms with Gasteiger partial charge in [0.1, 0.15) is 0 Å². The zero-order valence-corrected chi connectivity index (χ0v) is 12.1. The molecule has 4 nitrogen and oxygen atoms in total. The summed E-state index contributed by atoms with van der Waals surface area (Å²) in [6.07, 6.45) is 4.66. The number of allylic oxidation sites excluding steroid dienone is 1. The number of pyridine rings is 1. The summed E-state index contributed by atoms with van der Waals surface area (Å²) >= 11 is 0. The molecular formula is C19H13NO3. The molecule has 4 heteroatoms. The van der Waals surface area contributed by atoms with Crippen LogP contribution in [0.5, 0.6) is 0 Å². The molecule has 0 atom stereocenters. The van der Waals surface area contributed by atoms with Crippen LogP contribution >= 0.6 is 0 Å².